The van der Waals surface area contributed by atoms with E-state index in [-0.39, 0.29) is 23.0 Å². The monoisotopic (exact) mass is 1170 g/mol. The quantitative estimate of drug-likeness (QED) is 0.0345. The van der Waals surface area contributed by atoms with Crippen molar-refractivity contribution in [1.82, 2.24) is 0 Å². The molecule has 10 nitrogen and oxygen atoms in total. The number of thioether (sulfide) groups is 2. The van der Waals surface area contributed by atoms with Gasteiger partial charge in [0.2, 0.25) is 0 Å². The first-order chi connectivity index (χ1) is 38.4. The summed E-state index contributed by atoms with van der Waals surface area (Å²) in [7, 11) is 0. The molecule has 0 unspecified atom stereocenters. The predicted octanol–water partition coefficient (Wildman–Crippen LogP) is 17.5. The van der Waals surface area contributed by atoms with Crippen LogP contribution in [0.25, 0.3) is 10.8 Å². The highest BCUT2D eigenvalue weighted by molar-refractivity contribution is 7.99. The lowest BCUT2D eigenvalue weighted by Gasteiger charge is -2.30. The van der Waals surface area contributed by atoms with Gasteiger partial charge in [-0.15, -0.1) is 23.5 Å². The van der Waals surface area contributed by atoms with Crippen LogP contribution in [0.3, 0.4) is 0 Å². The lowest BCUT2D eigenvalue weighted by Crippen LogP contribution is -2.36. The highest BCUT2D eigenvalue weighted by Crippen LogP contribution is 2.36. The first kappa shape index (κ1) is 59.9. The highest BCUT2D eigenvalue weighted by Gasteiger charge is 2.15. The number of para-hydroxylation sites is 5. The standard InChI is InChI=1S/C17H19ClN2O2.C17H14ClNO.C15H16ClNOS.C14H14ClNOS/c18-14-5-3-6-15(17(14)21)19-12-13-4-1-2-7-16(13)20-8-10-22-11-9-20;18-15-9-4-10-16(17(15)20)19-11-13-7-3-6-12-5-1-2-8-14(12)13;1-2-19-14-9-4-3-6-11(14)10-17-13-8-5-7-12(16)15(13)18;1-18-11-7-5-10(6-8-11)9-16-13-4-2-3-12(15)14(13)17/h1-7,19,21H,8-12H2;1-10,19-20H,11H2;3-9,17-18H,2,10H2,1H3;2-8,16-17H,9H2,1H3. The van der Waals surface area contributed by atoms with Crippen molar-refractivity contribution in [3.63, 3.8) is 0 Å². The molecule has 9 aromatic carbocycles. The summed E-state index contributed by atoms with van der Waals surface area (Å²) in [4.78, 5) is 4.83. The molecule has 0 aliphatic carbocycles. The molecule has 8 N–H and O–H groups in total. The highest BCUT2D eigenvalue weighted by atomic mass is 35.5. The maximum Gasteiger partial charge on any atom is 0.157 e. The third-order valence-corrected chi connectivity index (χ3v) is 15.5. The van der Waals surface area contributed by atoms with Crippen LogP contribution in [0.1, 0.15) is 29.2 Å². The minimum Gasteiger partial charge on any atom is -0.504 e. The predicted molar refractivity (Wildman–Crippen MR) is 336 cm³/mol. The zero-order valence-corrected chi connectivity index (χ0v) is 48.4. The third-order valence-electron chi connectivity index (χ3n) is 12.5. The fraction of sp³-hybridized carbons (Fsp3) is 0.175. The van der Waals surface area contributed by atoms with Crippen molar-refractivity contribution in [3.05, 3.63) is 230 Å². The van der Waals surface area contributed by atoms with Crippen LogP contribution in [0.2, 0.25) is 20.1 Å². The first-order valence-corrected chi connectivity index (χ1v) is 29.2. The minimum absolute atomic E-state index is 0.0908. The number of fused-ring (bicyclic) bond motifs is 1. The molecule has 1 heterocycles. The molecular weight excluding hydrogens is 1110 g/mol. The third kappa shape index (κ3) is 17.6. The van der Waals surface area contributed by atoms with Crippen LogP contribution in [0.15, 0.2) is 198 Å². The van der Waals surface area contributed by atoms with E-state index in [9.17, 15) is 20.4 Å². The fourth-order valence-corrected chi connectivity index (χ4v) is 10.2. The second kappa shape index (κ2) is 31.2. The van der Waals surface area contributed by atoms with Crippen LogP contribution in [0.5, 0.6) is 23.0 Å². The van der Waals surface area contributed by atoms with Gasteiger partial charge < -0.3 is 51.3 Å². The average Bonchev–Trinajstić information content (AvgIpc) is 3.48. The lowest BCUT2D eigenvalue weighted by atomic mass is 10.0. The molecule has 410 valence electrons. The van der Waals surface area contributed by atoms with E-state index >= 15 is 0 Å². The molecule has 0 spiro atoms. The van der Waals surface area contributed by atoms with Gasteiger partial charge in [0.25, 0.3) is 0 Å². The Morgan fingerprint density at radius 3 is 1.41 bits per heavy atom. The van der Waals surface area contributed by atoms with E-state index in [1.165, 1.54) is 42.9 Å². The molecule has 1 aliphatic heterocycles. The van der Waals surface area contributed by atoms with E-state index in [2.05, 4.69) is 112 Å². The number of halogens is 4. The summed E-state index contributed by atoms with van der Waals surface area (Å²) >= 11 is 27.1. The number of phenolic OH excluding ortho intramolecular Hbond substituents is 4. The van der Waals surface area contributed by atoms with Gasteiger partial charge in [0.1, 0.15) is 0 Å². The van der Waals surface area contributed by atoms with Crippen LogP contribution in [0.4, 0.5) is 28.4 Å². The number of benzene rings is 9. The lowest BCUT2D eigenvalue weighted by molar-refractivity contribution is 0.122. The second-order valence-electron chi connectivity index (χ2n) is 17.7. The molecule has 0 radical (unpaired) electrons. The Kier molecular flexibility index (Phi) is 23.6. The molecular formula is C63H63Cl4N5O5S2. The van der Waals surface area contributed by atoms with Crippen molar-refractivity contribution in [2.75, 3.05) is 64.5 Å². The van der Waals surface area contributed by atoms with Crippen LogP contribution >= 0.6 is 69.9 Å². The molecule has 0 amide bonds. The Morgan fingerprint density at radius 2 is 0.873 bits per heavy atom. The average molecular weight is 1180 g/mol. The minimum atomic E-state index is 0.0908. The number of nitrogens with zero attached hydrogens (tertiary/aromatic N) is 1. The molecule has 16 heteroatoms. The van der Waals surface area contributed by atoms with Gasteiger partial charge in [-0.3, -0.25) is 0 Å². The zero-order valence-electron chi connectivity index (χ0n) is 43.7. The zero-order chi connectivity index (χ0) is 55.9. The Bertz CT molecular complexity index is 3370. The largest absolute Gasteiger partial charge is 0.504 e. The van der Waals surface area contributed by atoms with Gasteiger partial charge >= 0.3 is 0 Å². The molecule has 1 fully saturated rings. The number of morpholine rings is 1. The fourth-order valence-electron chi connectivity index (χ4n) is 8.31. The number of rotatable bonds is 16. The van der Waals surface area contributed by atoms with Gasteiger partial charge in [0.05, 0.1) is 56.1 Å². The molecule has 1 saturated heterocycles. The number of anilines is 5. The Labute approximate surface area is 491 Å². The van der Waals surface area contributed by atoms with Gasteiger partial charge in [0.15, 0.2) is 23.0 Å². The van der Waals surface area contributed by atoms with Gasteiger partial charge in [0, 0.05) is 54.7 Å². The van der Waals surface area contributed by atoms with Gasteiger partial charge in [-0.05, 0) is 118 Å². The van der Waals surface area contributed by atoms with Crippen LogP contribution in [-0.4, -0.2) is 58.7 Å². The van der Waals surface area contributed by atoms with Crippen molar-refractivity contribution < 1.29 is 25.2 Å². The summed E-state index contributed by atoms with van der Waals surface area (Å²) in [5.74, 6) is 1.42. The van der Waals surface area contributed by atoms with Crippen LogP contribution in [-0.2, 0) is 30.9 Å². The summed E-state index contributed by atoms with van der Waals surface area (Å²) in [5.41, 5.74) is 8.54. The van der Waals surface area contributed by atoms with E-state index in [0.717, 1.165) is 37.6 Å². The number of ether oxygens (including phenoxy) is 1. The number of hydrogen-bond acceptors (Lipinski definition) is 12. The number of phenols is 4. The first-order valence-electron chi connectivity index (χ1n) is 25.5. The molecule has 0 saturated carbocycles. The van der Waals surface area contributed by atoms with Crippen LogP contribution in [0, 0.1) is 0 Å². The maximum absolute atomic E-state index is 9.97. The van der Waals surface area contributed by atoms with Crippen molar-refractivity contribution in [1.29, 1.82) is 0 Å². The topological polar surface area (TPSA) is 142 Å². The molecule has 79 heavy (non-hydrogen) atoms. The summed E-state index contributed by atoms with van der Waals surface area (Å²) in [6.45, 7) is 8.04. The van der Waals surface area contributed by atoms with Crippen LogP contribution < -0.4 is 26.2 Å². The van der Waals surface area contributed by atoms with Crippen molar-refractivity contribution >= 4 is 109 Å². The maximum atomic E-state index is 9.97. The van der Waals surface area contributed by atoms with Crippen molar-refractivity contribution in [3.8, 4) is 23.0 Å². The van der Waals surface area contributed by atoms with Crippen molar-refractivity contribution in [2.24, 2.45) is 0 Å². The summed E-state index contributed by atoms with van der Waals surface area (Å²) in [6, 6.07) is 60.5. The van der Waals surface area contributed by atoms with E-state index in [1.54, 1.807) is 48.2 Å². The van der Waals surface area contributed by atoms with E-state index in [1.807, 2.05) is 90.6 Å². The molecule has 0 aromatic heterocycles. The smallest absolute Gasteiger partial charge is 0.157 e. The Balaban J connectivity index is 0.000000153. The second-order valence-corrected chi connectivity index (χ2v) is 21.5. The van der Waals surface area contributed by atoms with Gasteiger partial charge in [-0.25, -0.2) is 0 Å². The van der Waals surface area contributed by atoms with E-state index in [0.29, 0.717) is 69.0 Å². The summed E-state index contributed by atoms with van der Waals surface area (Å²) < 4.78 is 5.41. The van der Waals surface area contributed by atoms with Crippen molar-refractivity contribution in [2.45, 2.75) is 42.9 Å². The van der Waals surface area contributed by atoms with E-state index in [4.69, 9.17) is 51.1 Å². The van der Waals surface area contributed by atoms with Gasteiger partial charge in [-0.1, -0.05) is 169 Å². The Morgan fingerprint density at radius 1 is 0.456 bits per heavy atom. The number of aromatic hydroxyl groups is 4. The molecule has 1 aliphatic rings. The Hall–Kier alpha value is -6.74. The van der Waals surface area contributed by atoms with E-state index < -0.39 is 0 Å². The molecule has 10 rings (SSSR count). The SMILES string of the molecule is CCSc1ccccc1CNc1cccc(Cl)c1O.CSc1ccc(CNc2cccc(Cl)c2O)cc1.Oc1c(Cl)cccc1NCc1cccc2ccccc12.Oc1c(Cl)cccc1NCc1ccccc1N1CCOCC1. The number of nitrogens with one attached hydrogen (secondary N) is 4. The summed E-state index contributed by atoms with van der Waals surface area (Å²) in [5, 5.41) is 56.2. The van der Waals surface area contributed by atoms with Gasteiger partial charge in [-0.2, -0.15) is 0 Å². The number of hydrogen-bond donors (Lipinski definition) is 8. The normalized spacial score (nSPS) is 11.7. The molecule has 0 bridgehead atoms. The molecule has 0 atom stereocenters. The molecule has 9 aromatic rings. The summed E-state index contributed by atoms with van der Waals surface area (Å²) in [6.07, 6.45) is 2.05.